The second-order valence-electron chi connectivity index (χ2n) is 7.21. The Hall–Kier alpha value is -2.32. The molecule has 1 saturated heterocycles. The van der Waals surface area contributed by atoms with Crippen molar-refractivity contribution >= 4 is 12.1 Å². The van der Waals surface area contributed by atoms with Crippen LogP contribution in [-0.2, 0) is 0 Å². The van der Waals surface area contributed by atoms with Crippen molar-refractivity contribution in [3.8, 4) is 6.07 Å². The van der Waals surface area contributed by atoms with Crippen molar-refractivity contribution in [3.63, 3.8) is 0 Å². The van der Waals surface area contributed by atoms with Gasteiger partial charge in [-0.1, -0.05) is 55.7 Å². The lowest BCUT2D eigenvalue weighted by molar-refractivity contribution is 0.0153. The number of nitrogens with one attached hydrogen (secondary N) is 1. The fourth-order valence-electron chi connectivity index (χ4n) is 4.20. The van der Waals surface area contributed by atoms with Crippen LogP contribution in [0, 0.1) is 11.3 Å². The number of aliphatic hydroxyl groups excluding tert-OH is 1. The molecule has 0 unspecified atom stereocenters. The molecule has 5 heteroatoms. The van der Waals surface area contributed by atoms with Crippen molar-refractivity contribution in [2.75, 3.05) is 6.61 Å². The molecule has 2 amide bonds. The highest BCUT2D eigenvalue weighted by Gasteiger charge is 2.51. The minimum atomic E-state index is -0.539. The Bertz CT molecular complexity index is 686. The number of benzene rings is 1. The first-order valence-corrected chi connectivity index (χ1v) is 9.51. The third-order valence-corrected chi connectivity index (χ3v) is 5.58. The zero-order valence-electron chi connectivity index (χ0n) is 15.3. The van der Waals surface area contributed by atoms with Crippen LogP contribution in [0.4, 0.5) is 4.79 Å². The van der Waals surface area contributed by atoms with E-state index in [1.807, 2.05) is 43.3 Å². The van der Waals surface area contributed by atoms with E-state index in [4.69, 9.17) is 0 Å². The van der Waals surface area contributed by atoms with E-state index in [-0.39, 0.29) is 30.6 Å². The van der Waals surface area contributed by atoms with Crippen LogP contribution < -0.4 is 5.32 Å². The Morgan fingerprint density at radius 3 is 2.58 bits per heavy atom. The number of rotatable bonds is 4. The third-order valence-electron chi connectivity index (χ3n) is 5.58. The molecule has 3 atom stereocenters. The Balaban J connectivity index is 1.72. The van der Waals surface area contributed by atoms with Crippen LogP contribution in [0.3, 0.4) is 0 Å². The van der Waals surface area contributed by atoms with E-state index in [2.05, 4.69) is 11.4 Å². The molecular formula is C21H27N3O2. The van der Waals surface area contributed by atoms with E-state index in [1.165, 1.54) is 11.3 Å². The summed E-state index contributed by atoms with van der Waals surface area (Å²) in [6.07, 6.45) is 9.48. The first kappa shape index (κ1) is 18.5. The number of hydrogen-bond acceptors (Lipinski definition) is 3. The first-order valence-electron chi connectivity index (χ1n) is 9.51. The van der Waals surface area contributed by atoms with Gasteiger partial charge in [-0.3, -0.25) is 0 Å². The number of nitriles is 1. The van der Waals surface area contributed by atoms with Crippen LogP contribution in [0.1, 0.15) is 56.1 Å². The molecule has 1 heterocycles. The number of aliphatic hydroxyl groups is 1. The maximum absolute atomic E-state index is 12.7. The van der Waals surface area contributed by atoms with Crippen molar-refractivity contribution in [3.05, 3.63) is 41.5 Å². The van der Waals surface area contributed by atoms with Gasteiger partial charge in [0, 0.05) is 12.0 Å². The summed E-state index contributed by atoms with van der Waals surface area (Å²) in [6, 6.07) is 9.33. The van der Waals surface area contributed by atoms with Crippen molar-refractivity contribution < 1.29 is 9.90 Å². The largest absolute Gasteiger partial charge is 0.394 e. The summed E-state index contributed by atoms with van der Waals surface area (Å²) in [6.45, 7) is 1.83. The minimum absolute atomic E-state index is 0.141. The predicted molar refractivity (Wildman–Crippen MR) is 101 cm³/mol. The smallest absolute Gasteiger partial charge is 0.319 e. The number of carbonyl (C=O) groups is 1. The van der Waals surface area contributed by atoms with E-state index >= 15 is 0 Å². The second kappa shape index (κ2) is 8.37. The summed E-state index contributed by atoms with van der Waals surface area (Å²) in [5.74, 6) is -0.151. The van der Waals surface area contributed by atoms with Gasteiger partial charge in [-0.15, -0.1) is 0 Å². The van der Waals surface area contributed by atoms with Gasteiger partial charge in [-0.25, -0.2) is 4.79 Å². The number of amides is 2. The summed E-state index contributed by atoms with van der Waals surface area (Å²) >= 11 is 0. The zero-order valence-corrected chi connectivity index (χ0v) is 15.3. The molecule has 3 rings (SSSR count). The lowest BCUT2D eigenvalue weighted by Gasteiger charge is -2.51. The fourth-order valence-corrected chi connectivity index (χ4v) is 4.20. The maximum Gasteiger partial charge on any atom is 0.319 e. The predicted octanol–water partition coefficient (Wildman–Crippen LogP) is 3.41. The highest BCUT2D eigenvalue weighted by molar-refractivity contribution is 5.77. The zero-order chi connectivity index (χ0) is 18.5. The van der Waals surface area contributed by atoms with Gasteiger partial charge in [-0.2, -0.15) is 5.26 Å². The van der Waals surface area contributed by atoms with Gasteiger partial charge in [0.25, 0.3) is 0 Å². The molecule has 1 aliphatic carbocycles. The Labute approximate surface area is 155 Å². The van der Waals surface area contributed by atoms with Crippen LogP contribution >= 0.6 is 0 Å². The lowest BCUT2D eigenvalue weighted by Crippen LogP contribution is -2.67. The maximum atomic E-state index is 12.7. The molecular weight excluding hydrogens is 326 g/mol. The summed E-state index contributed by atoms with van der Waals surface area (Å²) in [5, 5.41) is 22.5. The Morgan fingerprint density at radius 1 is 1.31 bits per heavy atom. The van der Waals surface area contributed by atoms with Crippen molar-refractivity contribution in [2.24, 2.45) is 0 Å². The lowest BCUT2D eigenvalue weighted by atomic mass is 9.76. The molecule has 2 N–H and O–H groups in total. The number of allylic oxidation sites excluding steroid dienone is 1. The van der Waals surface area contributed by atoms with Gasteiger partial charge in [0.1, 0.15) is 6.04 Å². The van der Waals surface area contributed by atoms with Crippen molar-refractivity contribution in [1.29, 1.82) is 5.26 Å². The summed E-state index contributed by atoms with van der Waals surface area (Å²) in [5.41, 5.74) is 2.09. The second-order valence-corrected chi connectivity index (χ2v) is 7.21. The van der Waals surface area contributed by atoms with Crippen molar-refractivity contribution in [1.82, 2.24) is 10.2 Å². The molecule has 2 fully saturated rings. The Kier molecular flexibility index (Phi) is 5.95. The molecule has 5 nitrogen and oxygen atoms in total. The standard InChI is InChI=1S/C21H27N3O2/c1-2-6-15-9-11-16(12-10-15)20-18(13-22)24(19(20)14-25)21(26)23-17-7-4-3-5-8-17/h2,6,9-12,17-20,25H,3-5,7-8,14H2,1H3,(H,23,26)/b6-2+/t18-,19-,20+/m0/s1. The molecule has 138 valence electrons. The van der Waals surface area contributed by atoms with E-state index in [9.17, 15) is 15.2 Å². The molecule has 0 radical (unpaired) electrons. The molecule has 0 bridgehead atoms. The minimum Gasteiger partial charge on any atom is -0.394 e. The molecule has 1 aromatic carbocycles. The monoisotopic (exact) mass is 353 g/mol. The average Bonchev–Trinajstić information content (AvgIpc) is 2.64. The molecule has 1 saturated carbocycles. The van der Waals surface area contributed by atoms with Crippen LogP contribution in [0.5, 0.6) is 0 Å². The topological polar surface area (TPSA) is 76.4 Å². The van der Waals surface area contributed by atoms with Crippen molar-refractivity contribution in [2.45, 2.75) is 63.1 Å². The molecule has 1 aliphatic heterocycles. The van der Waals surface area contributed by atoms with E-state index in [0.717, 1.165) is 36.8 Å². The molecule has 2 aliphatic rings. The molecule has 0 aromatic heterocycles. The van der Waals surface area contributed by atoms with Crippen LogP contribution in [0.25, 0.3) is 6.08 Å². The number of urea groups is 1. The van der Waals surface area contributed by atoms with Crippen LogP contribution in [0.2, 0.25) is 0 Å². The van der Waals surface area contributed by atoms with Gasteiger partial charge in [0.05, 0.1) is 18.7 Å². The summed E-state index contributed by atoms with van der Waals surface area (Å²) in [7, 11) is 0. The van der Waals surface area contributed by atoms with Crippen LogP contribution in [0.15, 0.2) is 30.3 Å². The molecule has 1 aromatic rings. The number of carbonyl (C=O) groups excluding carboxylic acids is 1. The van der Waals surface area contributed by atoms with Gasteiger partial charge in [-0.05, 0) is 30.9 Å². The number of nitrogens with zero attached hydrogens (tertiary/aromatic N) is 2. The first-order chi connectivity index (χ1) is 12.7. The van der Waals surface area contributed by atoms with E-state index in [0.29, 0.717) is 0 Å². The van der Waals surface area contributed by atoms with E-state index < -0.39 is 6.04 Å². The number of hydrogen-bond donors (Lipinski definition) is 2. The summed E-state index contributed by atoms with van der Waals surface area (Å²) in [4.78, 5) is 14.2. The highest BCUT2D eigenvalue weighted by atomic mass is 16.3. The Morgan fingerprint density at radius 2 is 2.00 bits per heavy atom. The van der Waals surface area contributed by atoms with Gasteiger partial charge in [0.2, 0.25) is 0 Å². The van der Waals surface area contributed by atoms with Gasteiger partial charge in [0.15, 0.2) is 0 Å². The third kappa shape index (κ3) is 3.61. The molecule has 0 spiro atoms. The number of likely N-dealkylation sites (tertiary alicyclic amines) is 1. The summed E-state index contributed by atoms with van der Waals surface area (Å²) < 4.78 is 0. The highest BCUT2D eigenvalue weighted by Crippen LogP contribution is 2.40. The quantitative estimate of drug-likeness (QED) is 0.871. The van der Waals surface area contributed by atoms with Gasteiger partial charge >= 0.3 is 6.03 Å². The fraction of sp³-hybridized carbons (Fsp3) is 0.524. The van der Waals surface area contributed by atoms with Gasteiger partial charge < -0.3 is 15.3 Å². The SMILES string of the molecule is C/C=C/c1ccc([C@@H]2[C@H](C#N)N(C(=O)NC3CCCCC3)[C@H]2CO)cc1. The van der Waals surface area contributed by atoms with E-state index in [1.54, 1.807) is 0 Å². The van der Waals surface area contributed by atoms with Crippen LogP contribution in [-0.4, -0.2) is 40.8 Å². The normalized spacial score (nSPS) is 26.3. The molecule has 26 heavy (non-hydrogen) atoms. The average molecular weight is 353 g/mol.